The maximum Gasteiger partial charge on any atom is 0.364 e. The number of halogens is 2. The summed E-state index contributed by atoms with van der Waals surface area (Å²) in [5.41, 5.74) is 0.0326. The van der Waals surface area contributed by atoms with Crippen LogP contribution in [0.15, 0.2) is 66.8 Å². The minimum absolute atomic E-state index is 0.0289. The van der Waals surface area contributed by atoms with E-state index in [1.54, 1.807) is 12.1 Å². The summed E-state index contributed by atoms with van der Waals surface area (Å²) in [4.78, 5) is 23.3. The first-order valence-corrected chi connectivity index (χ1v) is 6.65. The minimum atomic E-state index is -0.936. The third-order valence-electron chi connectivity index (χ3n) is 3.00. The van der Waals surface area contributed by atoms with E-state index < -0.39 is 17.3 Å². The molecule has 0 saturated carbocycles. The third-order valence-corrected chi connectivity index (χ3v) is 3.00. The zero-order valence-corrected chi connectivity index (χ0v) is 11.9. The summed E-state index contributed by atoms with van der Waals surface area (Å²) in [6.45, 7) is 0. The Hall–Kier alpha value is -2.96. The summed E-state index contributed by atoms with van der Waals surface area (Å²) in [6.07, 6.45) is 0.620. The number of carbonyl (C=O) groups excluding carboxylic acids is 2. The van der Waals surface area contributed by atoms with Gasteiger partial charge in [0.1, 0.15) is 0 Å². The van der Waals surface area contributed by atoms with Crippen molar-refractivity contribution in [2.75, 3.05) is 5.32 Å². The molecule has 0 aliphatic rings. The number of amides is 2. The van der Waals surface area contributed by atoms with Crippen LogP contribution in [0.5, 0.6) is 0 Å². The SMILES string of the molecule is O=C([B]NC(=O)C(/C=C\F)=C/F)Nc1cccc2ccccc12. The van der Waals surface area contributed by atoms with Gasteiger partial charge in [-0.2, -0.15) is 0 Å². The summed E-state index contributed by atoms with van der Waals surface area (Å²) in [5.74, 6) is -1.54. The topological polar surface area (TPSA) is 58.2 Å². The highest BCUT2D eigenvalue weighted by Crippen LogP contribution is 2.22. The zero-order chi connectivity index (χ0) is 16.7. The van der Waals surface area contributed by atoms with E-state index in [-0.39, 0.29) is 12.7 Å². The summed E-state index contributed by atoms with van der Waals surface area (Å²) in [6, 6.07) is 12.9. The number of rotatable bonds is 5. The Balaban J connectivity index is 2.01. The molecule has 4 nitrogen and oxygen atoms in total. The fourth-order valence-electron chi connectivity index (χ4n) is 1.95. The Morgan fingerprint density at radius 2 is 1.78 bits per heavy atom. The van der Waals surface area contributed by atoms with Crippen molar-refractivity contribution in [2.24, 2.45) is 0 Å². The third kappa shape index (κ3) is 4.26. The zero-order valence-electron chi connectivity index (χ0n) is 11.9. The smallest absolute Gasteiger partial charge is 0.364 e. The highest BCUT2D eigenvalue weighted by molar-refractivity contribution is 6.75. The van der Waals surface area contributed by atoms with Crippen LogP contribution in [0.4, 0.5) is 19.3 Å². The molecule has 23 heavy (non-hydrogen) atoms. The fourth-order valence-corrected chi connectivity index (χ4v) is 1.95. The molecule has 0 spiro atoms. The maximum atomic E-state index is 12.4. The molecule has 0 aliphatic heterocycles. The molecular formula is C16H12BF2N2O2. The summed E-state index contributed by atoms with van der Waals surface area (Å²) in [5, 5.41) is 6.49. The van der Waals surface area contributed by atoms with Crippen molar-refractivity contribution in [2.45, 2.75) is 0 Å². The van der Waals surface area contributed by atoms with Crippen molar-refractivity contribution in [1.82, 2.24) is 5.23 Å². The number of carbonyl (C=O) groups is 2. The number of anilines is 1. The van der Waals surface area contributed by atoms with Crippen LogP contribution < -0.4 is 10.5 Å². The Bertz CT molecular complexity index is 785. The van der Waals surface area contributed by atoms with Gasteiger partial charge in [0, 0.05) is 11.1 Å². The van der Waals surface area contributed by atoms with Gasteiger partial charge in [0.25, 0.3) is 0 Å². The lowest BCUT2D eigenvalue weighted by molar-refractivity contribution is -0.115. The second-order valence-electron chi connectivity index (χ2n) is 4.49. The summed E-state index contributed by atoms with van der Waals surface area (Å²) < 4.78 is 24.4. The van der Waals surface area contributed by atoms with Crippen LogP contribution in [-0.2, 0) is 4.79 Å². The molecular weight excluding hydrogens is 301 g/mol. The second kappa shape index (κ2) is 7.88. The Kier molecular flexibility index (Phi) is 5.63. The molecule has 0 bridgehead atoms. The lowest BCUT2D eigenvalue weighted by atomic mass is 9.92. The molecule has 2 aromatic rings. The minimum Gasteiger partial charge on any atom is -0.390 e. The van der Waals surface area contributed by atoms with E-state index in [0.717, 1.165) is 18.2 Å². The number of hydrogen-bond donors (Lipinski definition) is 2. The van der Waals surface area contributed by atoms with Gasteiger partial charge >= 0.3 is 7.41 Å². The molecule has 2 aromatic carbocycles. The summed E-state index contributed by atoms with van der Waals surface area (Å²) in [7, 11) is 0.847. The first kappa shape index (κ1) is 16.4. The lowest BCUT2D eigenvalue weighted by Crippen LogP contribution is -2.36. The van der Waals surface area contributed by atoms with Gasteiger partial charge < -0.3 is 10.5 Å². The van der Waals surface area contributed by atoms with Crippen LogP contribution in [-0.4, -0.2) is 19.1 Å². The lowest BCUT2D eigenvalue weighted by Gasteiger charge is -2.08. The van der Waals surface area contributed by atoms with Gasteiger partial charge in [-0.05, 0) is 17.5 Å². The largest absolute Gasteiger partial charge is 0.390 e. The Labute approximate surface area is 132 Å². The van der Waals surface area contributed by atoms with Crippen molar-refractivity contribution in [3.63, 3.8) is 0 Å². The molecule has 0 atom stereocenters. The van der Waals surface area contributed by atoms with Gasteiger partial charge in [-0.1, -0.05) is 36.4 Å². The molecule has 0 fully saturated rings. The van der Waals surface area contributed by atoms with Gasteiger partial charge in [0.05, 0.1) is 18.2 Å². The number of benzene rings is 2. The molecule has 0 aromatic heterocycles. The van der Waals surface area contributed by atoms with Crippen LogP contribution in [0.1, 0.15) is 0 Å². The van der Waals surface area contributed by atoms with Gasteiger partial charge in [0.2, 0.25) is 5.91 Å². The molecule has 2 N–H and O–H groups in total. The Morgan fingerprint density at radius 1 is 1.04 bits per heavy atom. The van der Waals surface area contributed by atoms with Crippen LogP contribution in [0, 0.1) is 0 Å². The predicted molar refractivity (Wildman–Crippen MR) is 86.3 cm³/mol. The highest BCUT2D eigenvalue weighted by atomic mass is 19.1. The van der Waals surface area contributed by atoms with E-state index in [1.807, 2.05) is 30.3 Å². The first-order chi connectivity index (χ1) is 11.2. The number of nitrogens with one attached hydrogen (secondary N) is 2. The molecule has 1 radical (unpaired) electrons. The van der Waals surface area contributed by atoms with E-state index in [0.29, 0.717) is 11.8 Å². The fraction of sp³-hybridized carbons (Fsp3) is 0. The maximum absolute atomic E-state index is 12.4. The molecule has 0 unspecified atom stereocenters. The van der Waals surface area contributed by atoms with Crippen molar-refractivity contribution >= 4 is 35.6 Å². The molecule has 7 heteroatoms. The normalized spacial score (nSPS) is 11.5. The van der Waals surface area contributed by atoms with Crippen molar-refractivity contribution in [1.29, 1.82) is 0 Å². The summed E-state index contributed by atoms with van der Waals surface area (Å²) >= 11 is 0. The standard InChI is InChI=1S/C16H12BF2N2O2/c18-9-8-12(10-19)15(22)21-17-16(23)20-14-7-3-5-11-4-1-2-6-13(11)14/h1-10H,(H,20,23)(H,21,22)/b9-8-,12-10+. The average Bonchev–Trinajstić information content (AvgIpc) is 2.58. The van der Waals surface area contributed by atoms with E-state index in [4.69, 9.17) is 0 Å². The highest BCUT2D eigenvalue weighted by Gasteiger charge is 2.12. The molecule has 0 heterocycles. The van der Waals surface area contributed by atoms with E-state index in [9.17, 15) is 18.4 Å². The van der Waals surface area contributed by atoms with Gasteiger partial charge in [-0.15, -0.1) is 0 Å². The van der Waals surface area contributed by atoms with Gasteiger partial charge in [0.15, 0.2) is 5.81 Å². The van der Waals surface area contributed by atoms with Crippen LogP contribution >= 0.6 is 0 Å². The monoisotopic (exact) mass is 313 g/mol. The van der Waals surface area contributed by atoms with Crippen LogP contribution in [0.3, 0.4) is 0 Å². The van der Waals surface area contributed by atoms with Crippen LogP contribution in [0.25, 0.3) is 10.8 Å². The Morgan fingerprint density at radius 3 is 2.52 bits per heavy atom. The van der Waals surface area contributed by atoms with Crippen molar-refractivity contribution < 1.29 is 18.4 Å². The van der Waals surface area contributed by atoms with E-state index >= 15 is 0 Å². The first-order valence-electron chi connectivity index (χ1n) is 6.65. The predicted octanol–water partition coefficient (Wildman–Crippen LogP) is 3.44. The molecule has 2 rings (SSSR count). The van der Waals surface area contributed by atoms with E-state index in [2.05, 4.69) is 10.5 Å². The molecule has 115 valence electrons. The molecule has 0 aliphatic carbocycles. The van der Waals surface area contributed by atoms with Crippen molar-refractivity contribution in [3.8, 4) is 0 Å². The second-order valence-corrected chi connectivity index (χ2v) is 4.49. The van der Waals surface area contributed by atoms with Crippen LogP contribution in [0.2, 0.25) is 0 Å². The van der Waals surface area contributed by atoms with Gasteiger partial charge in [-0.3, -0.25) is 9.59 Å². The number of hydrogen-bond acceptors (Lipinski definition) is 2. The van der Waals surface area contributed by atoms with E-state index in [1.165, 1.54) is 0 Å². The number of fused-ring (bicyclic) bond motifs is 1. The average molecular weight is 313 g/mol. The molecule has 0 saturated heterocycles. The quantitative estimate of drug-likeness (QED) is 0.505. The molecule has 2 amide bonds. The van der Waals surface area contributed by atoms with Crippen molar-refractivity contribution in [3.05, 3.63) is 66.8 Å². The van der Waals surface area contributed by atoms with Gasteiger partial charge in [-0.25, -0.2) is 8.78 Å².